The summed E-state index contributed by atoms with van der Waals surface area (Å²) in [5, 5.41) is 20.0. The Morgan fingerprint density at radius 3 is 2.76 bits per heavy atom. The smallest absolute Gasteiger partial charge is 0.138 e. The Labute approximate surface area is 98.7 Å². The van der Waals surface area contributed by atoms with Crippen molar-refractivity contribution in [2.45, 2.75) is 26.1 Å². The molecule has 0 amide bonds. The molecule has 90 valence electrons. The highest BCUT2D eigenvalue weighted by atomic mass is 16.5. The summed E-state index contributed by atoms with van der Waals surface area (Å²) >= 11 is 0. The Hall–Kier alpha value is -1.95. The van der Waals surface area contributed by atoms with E-state index in [9.17, 15) is 5.11 Å². The number of aromatic amines is 1. The van der Waals surface area contributed by atoms with Crippen LogP contribution in [-0.2, 0) is 0 Å². The van der Waals surface area contributed by atoms with Crippen molar-refractivity contribution in [1.82, 2.24) is 20.4 Å². The molecule has 0 radical (unpaired) electrons. The quantitative estimate of drug-likeness (QED) is 0.826. The number of H-pyrrole nitrogens is 1. The average Bonchev–Trinajstić information content (AvgIpc) is 2.81. The predicted octanol–water partition coefficient (Wildman–Crippen LogP) is 1.07. The minimum absolute atomic E-state index is 0.0660. The largest absolute Gasteiger partial charge is 0.489 e. The van der Waals surface area contributed by atoms with E-state index in [4.69, 9.17) is 4.74 Å². The van der Waals surface area contributed by atoms with E-state index in [1.807, 2.05) is 13.8 Å². The third-order valence-corrected chi connectivity index (χ3v) is 2.14. The second kappa shape index (κ2) is 4.92. The zero-order valence-corrected chi connectivity index (χ0v) is 9.66. The molecule has 0 aromatic carbocycles. The number of aliphatic hydroxyl groups excluding tert-OH is 1. The maximum Gasteiger partial charge on any atom is 0.138 e. The van der Waals surface area contributed by atoms with E-state index in [1.165, 1.54) is 6.20 Å². The van der Waals surface area contributed by atoms with Crippen LogP contribution in [0.25, 0.3) is 0 Å². The Balaban J connectivity index is 2.21. The molecule has 0 bridgehead atoms. The van der Waals surface area contributed by atoms with E-state index in [1.54, 1.807) is 18.5 Å². The lowest BCUT2D eigenvalue weighted by molar-refractivity contribution is 0.211. The van der Waals surface area contributed by atoms with Gasteiger partial charge in [0.25, 0.3) is 0 Å². The van der Waals surface area contributed by atoms with E-state index >= 15 is 0 Å². The molecule has 0 aliphatic carbocycles. The third kappa shape index (κ3) is 2.79. The molecule has 1 unspecified atom stereocenters. The molecule has 0 aliphatic rings. The molecule has 17 heavy (non-hydrogen) atoms. The number of aromatic nitrogens is 4. The van der Waals surface area contributed by atoms with Crippen LogP contribution in [0.15, 0.2) is 24.7 Å². The van der Waals surface area contributed by atoms with Gasteiger partial charge in [-0.3, -0.25) is 4.98 Å². The van der Waals surface area contributed by atoms with Gasteiger partial charge in [-0.25, -0.2) is 0 Å². The second-order valence-corrected chi connectivity index (χ2v) is 3.92. The van der Waals surface area contributed by atoms with Crippen molar-refractivity contribution in [3.8, 4) is 5.75 Å². The van der Waals surface area contributed by atoms with Crippen molar-refractivity contribution < 1.29 is 9.84 Å². The number of aliphatic hydroxyl groups is 1. The number of ether oxygens (including phenoxy) is 1. The second-order valence-electron chi connectivity index (χ2n) is 3.92. The molecule has 6 nitrogen and oxygen atoms in total. The summed E-state index contributed by atoms with van der Waals surface area (Å²) in [6, 6.07) is 1.74. The first kappa shape index (κ1) is 11.5. The fourth-order valence-electron chi connectivity index (χ4n) is 1.43. The molecule has 2 N–H and O–H groups in total. The summed E-state index contributed by atoms with van der Waals surface area (Å²) in [6.07, 6.45) is 3.87. The van der Waals surface area contributed by atoms with Crippen molar-refractivity contribution in [1.29, 1.82) is 0 Å². The lowest BCUT2D eigenvalue weighted by Crippen LogP contribution is -2.07. The number of hydrogen-bond acceptors (Lipinski definition) is 5. The molecule has 0 fully saturated rings. The van der Waals surface area contributed by atoms with Crippen molar-refractivity contribution in [2.24, 2.45) is 0 Å². The maximum atomic E-state index is 10.0. The molecule has 2 aromatic rings. The summed E-state index contributed by atoms with van der Waals surface area (Å²) in [4.78, 5) is 4.03. The molecule has 6 heteroatoms. The topological polar surface area (TPSA) is 83.9 Å². The summed E-state index contributed by atoms with van der Waals surface area (Å²) in [7, 11) is 0. The van der Waals surface area contributed by atoms with Gasteiger partial charge in [-0.1, -0.05) is 0 Å². The number of nitrogens with one attached hydrogen (secondary N) is 1. The molecule has 0 spiro atoms. The van der Waals surface area contributed by atoms with Crippen molar-refractivity contribution in [3.63, 3.8) is 0 Å². The molecule has 2 heterocycles. The number of rotatable bonds is 4. The maximum absolute atomic E-state index is 10.0. The van der Waals surface area contributed by atoms with E-state index in [2.05, 4.69) is 20.4 Å². The highest BCUT2D eigenvalue weighted by molar-refractivity contribution is 5.28. The van der Waals surface area contributed by atoms with Crippen molar-refractivity contribution in [2.75, 3.05) is 0 Å². The van der Waals surface area contributed by atoms with Gasteiger partial charge in [-0.15, -0.1) is 0 Å². The minimum Gasteiger partial charge on any atom is -0.489 e. The molecule has 0 saturated heterocycles. The first-order valence-corrected chi connectivity index (χ1v) is 5.32. The van der Waals surface area contributed by atoms with Gasteiger partial charge in [0.1, 0.15) is 17.5 Å². The van der Waals surface area contributed by atoms with E-state index < -0.39 is 6.10 Å². The van der Waals surface area contributed by atoms with E-state index in [0.717, 1.165) is 0 Å². The first-order valence-electron chi connectivity index (χ1n) is 5.32. The number of nitrogens with zero attached hydrogens (tertiary/aromatic N) is 3. The lowest BCUT2D eigenvalue weighted by atomic mass is 10.1. The van der Waals surface area contributed by atoms with Gasteiger partial charge in [0.2, 0.25) is 0 Å². The number of pyridine rings is 1. The Kier molecular flexibility index (Phi) is 3.34. The van der Waals surface area contributed by atoms with Gasteiger partial charge in [0, 0.05) is 11.8 Å². The van der Waals surface area contributed by atoms with Gasteiger partial charge in [0.05, 0.1) is 18.5 Å². The van der Waals surface area contributed by atoms with Crippen LogP contribution in [0.4, 0.5) is 0 Å². The van der Waals surface area contributed by atoms with Crippen molar-refractivity contribution >= 4 is 0 Å². The van der Waals surface area contributed by atoms with E-state index in [0.29, 0.717) is 17.0 Å². The Morgan fingerprint density at radius 2 is 2.12 bits per heavy atom. The molecular formula is C11H14N4O2. The summed E-state index contributed by atoms with van der Waals surface area (Å²) in [5.41, 5.74) is 1.07. The van der Waals surface area contributed by atoms with Crippen LogP contribution < -0.4 is 4.74 Å². The fourth-order valence-corrected chi connectivity index (χ4v) is 1.43. The average molecular weight is 234 g/mol. The summed E-state index contributed by atoms with van der Waals surface area (Å²) in [5.74, 6) is 0.625. The summed E-state index contributed by atoms with van der Waals surface area (Å²) in [6.45, 7) is 3.86. The molecule has 2 rings (SSSR count). The predicted molar refractivity (Wildman–Crippen MR) is 60.4 cm³/mol. The minimum atomic E-state index is -0.850. The van der Waals surface area contributed by atoms with Crippen LogP contribution >= 0.6 is 0 Å². The lowest BCUT2D eigenvalue weighted by Gasteiger charge is -2.12. The van der Waals surface area contributed by atoms with Gasteiger partial charge in [-0.05, 0) is 19.9 Å². The van der Waals surface area contributed by atoms with Gasteiger partial charge >= 0.3 is 0 Å². The summed E-state index contributed by atoms with van der Waals surface area (Å²) < 4.78 is 5.50. The highest BCUT2D eigenvalue weighted by Gasteiger charge is 2.14. The van der Waals surface area contributed by atoms with Crippen LogP contribution in [-0.4, -0.2) is 31.6 Å². The zero-order valence-electron chi connectivity index (χ0n) is 9.66. The van der Waals surface area contributed by atoms with Gasteiger partial charge in [-0.2, -0.15) is 15.4 Å². The van der Waals surface area contributed by atoms with E-state index in [-0.39, 0.29) is 6.10 Å². The zero-order chi connectivity index (χ0) is 12.3. The van der Waals surface area contributed by atoms with Crippen LogP contribution in [0.2, 0.25) is 0 Å². The van der Waals surface area contributed by atoms with Crippen LogP contribution in [0.1, 0.15) is 31.2 Å². The standard InChI is InChI=1S/C11H14N4O2/c1-7(2)17-9-3-8(4-12-5-9)11(16)10-6-13-15-14-10/h3-7,11,16H,1-2H3,(H,13,14,15). The Bertz CT molecular complexity index is 470. The van der Waals surface area contributed by atoms with Crippen LogP contribution in [0.5, 0.6) is 5.75 Å². The number of hydrogen-bond donors (Lipinski definition) is 2. The third-order valence-electron chi connectivity index (χ3n) is 2.14. The monoisotopic (exact) mass is 234 g/mol. The highest BCUT2D eigenvalue weighted by Crippen LogP contribution is 2.22. The van der Waals surface area contributed by atoms with Crippen molar-refractivity contribution in [3.05, 3.63) is 35.9 Å². The fraction of sp³-hybridized carbons (Fsp3) is 0.364. The molecule has 0 saturated carbocycles. The van der Waals surface area contributed by atoms with Crippen LogP contribution in [0, 0.1) is 0 Å². The van der Waals surface area contributed by atoms with Gasteiger partial charge < -0.3 is 9.84 Å². The first-order chi connectivity index (χ1) is 8.16. The molecule has 0 aliphatic heterocycles. The van der Waals surface area contributed by atoms with Crippen LogP contribution in [0.3, 0.4) is 0 Å². The Morgan fingerprint density at radius 1 is 1.29 bits per heavy atom. The SMILES string of the molecule is CC(C)Oc1cncc(C(O)c2cn[nH]n2)c1. The van der Waals surface area contributed by atoms with Gasteiger partial charge in [0.15, 0.2) is 0 Å². The molecular weight excluding hydrogens is 220 g/mol. The molecule has 1 atom stereocenters. The molecule has 2 aromatic heterocycles. The normalized spacial score (nSPS) is 12.7.